The fraction of sp³-hybridized carbons (Fsp3) is 0.367. The molecule has 0 aromatic heterocycles. The van der Waals surface area contributed by atoms with E-state index in [2.05, 4.69) is 0 Å². The molecule has 0 unspecified atom stereocenters. The van der Waals surface area contributed by atoms with Gasteiger partial charge in [0.05, 0.1) is 39.6 Å². The second-order valence-electron chi connectivity index (χ2n) is 8.88. The predicted molar refractivity (Wildman–Crippen MR) is 148 cm³/mol. The van der Waals surface area contributed by atoms with Crippen LogP contribution >= 0.6 is 7.14 Å². The summed E-state index contributed by atoms with van der Waals surface area (Å²) in [6.45, 7) is 8.28. The molecule has 0 atom stereocenters. The van der Waals surface area contributed by atoms with Crippen molar-refractivity contribution in [3.05, 3.63) is 94.0 Å². The molecule has 0 heterocycles. The fourth-order valence-electron chi connectivity index (χ4n) is 4.53. The summed E-state index contributed by atoms with van der Waals surface area (Å²) in [6.07, 6.45) is 0. The summed E-state index contributed by atoms with van der Waals surface area (Å²) < 4.78 is 36.9. The number of hydrogen-bond donors (Lipinski definition) is 0. The minimum absolute atomic E-state index is 0.313. The fourth-order valence-corrected chi connectivity index (χ4v) is 7.13. The molecule has 0 aliphatic rings. The maximum Gasteiger partial charge on any atom is 0.230 e. The van der Waals surface area contributed by atoms with Crippen molar-refractivity contribution in [3.63, 3.8) is 0 Å². The van der Waals surface area contributed by atoms with E-state index < -0.39 is 7.14 Å². The highest BCUT2D eigenvalue weighted by molar-refractivity contribution is 7.93. The van der Waals surface area contributed by atoms with Crippen LogP contribution in [0.25, 0.3) is 0 Å². The van der Waals surface area contributed by atoms with Crippen LogP contribution in [0.1, 0.15) is 38.2 Å². The molecule has 37 heavy (non-hydrogen) atoms. The first-order valence-electron chi connectivity index (χ1n) is 12.4. The lowest BCUT2D eigenvalue weighted by Crippen LogP contribution is -2.25. The van der Waals surface area contributed by atoms with E-state index in [1.807, 2.05) is 57.2 Å². The van der Waals surface area contributed by atoms with Gasteiger partial charge in [-0.3, -0.25) is 4.79 Å². The standard InChI is InChI=1S/C30H37O6P/c1-22-27(20-35-18-16-33-4)23(2)29(24(3)28(22)21-36-19-17-34-5)30(31)37(32,25-12-8-6-9-13-25)26-14-10-7-11-15-26/h6-15H,16-21H2,1-5H3. The van der Waals surface area contributed by atoms with E-state index in [1.54, 1.807) is 38.5 Å². The molecular weight excluding hydrogens is 487 g/mol. The molecule has 0 N–H and O–H groups in total. The molecule has 198 valence electrons. The number of carbonyl (C=O) groups is 1. The summed E-state index contributed by atoms with van der Waals surface area (Å²) in [4.78, 5) is 14.5. The van der Waals surface area contributed by atoms with Gasteiger partial charge in [0, 0.05) is 30.4 Å². The molecular formula is C30H37O6P. The van der Waals surface area contributed by atoms with Crippen LogP contribution in [0.4, 0.5) is 0 Å². The molecule has 3 aromatic rings. The molecule has 0 aliphatic carbocycles. The van der Waals surface area contributed by atoms with Gasteiger partial charge in [0.15, 0.2) is 0 Å². The summed E-state index contributed by atoms with van der Waals surface area (Å²) in [5.74, 6) is 0. The van der Waals surface area contributed by atoms with Gasteiger partial charge in [-0.15, -0.1) is 0 Å². The number of rotatable bonds is 14. The summed E-state index contributed by atoms with van der Waals surface area (Å²) >= 11 is 0. The van der Waals surface area contributed by atoms with Crippen LogP contribution in [0.15, 0.2) is 60.7 Å². The zero-order valence-corrected chi connectivity index (χ0v) is 23.3. The highest BCUT2D eigenvalue weighted by Gasteiger charge is 2.39. The lowest BCUT2D eigenvalue weighted by molar-refractivity contribution is 0.0586. The Morgan fingerprint density at radius 2 is 1.05 bits per heavy atom. The summed E-state index contributed by atoms with van der Waals surface area (Å²) in [5, 5.41) is 1.03. The lowest BCUT2D eigenvalue weighted by atomic mass is 9.89. The van der Waals surface area contributed by atoms with E-state index in [-0.39, 0.29) is 5.52 Å². The van der Waals surface area contributed by atoms with Gasteiger partial charge >= 0.3 is 0 Å². The third-order valence-electron chi connectivity index (χ3n) is 6.66. The first-order chi connectivity index (χ1) is 17.9. The zero-order chi connectivity index (χ0) is 26.8. The van der Waals surface area contributed by atoms with Gasteiger partial charge in [-0.05, 0) is 48.6 Å². The smallest absolute Gasteiger partial charge is 0.230 e. The molecule has 0 saturated carbocycles. The zero-order valence-electron chi connectivity index (χ0n) is 22.4. The summed E-state index contributed by atoms with van der Waals surface area (Å²) in [5.41, 5.74) is 4.48. The SMILES string of the molecule is COCCOCc1c(C)c(COCCOC)c(C)c(C(=O)P(=O)(c2ccccc2)c2ccccc2)c1C. The second-order valence-corrected chi connectivity index (χ2v) is 11.5. The van der Waals surface area contributed by atoms with Gasteiger partial charge in [-0.1, -0.05) is 60.7 Å². The van der Waals surface area contributed by atoms with Crippen molar-refractivity contribution >= 4 is 23.3 Å². The van der Waals surface area contributed by atoms with E-state index in [0.717, 1.165) is 27.8 Å². The third kappa shape index (κ3) is 6.46. The normalized spacial score (nSPS) is 11.6. The van der Waals surface area contributed by atoms with Crippen molar-refractivity contribution < 1.29 is 28.3 Å². The van der Waals surface area contributed by atoms with Gasteiger partial charge in [0.25, 0.3) is 0 Å². The van der Waals surface area contributed by atoms with Crippen molar-refractivity contribution in [2.75, 3.05) is 40.6 Å². The molecule has 0 radical (unpaired) electrons. The van der Waals surface area contributed by atoms with Crippen LogP contribution < -0.4 is 10.6 Å². The van der Waals surface area contributed by atoms with E-state index >= 15 is 0 Å². The Hall–Kier alpha value is -2.60. The Bertz CT molecular complexity index is 1140. The summed E-state index contributed by atoms with van der Waals surface area (Å²) in [7, 11) is -0.424. The second kappa shape index (κ2) is 13.8. The molecule has 6 nitrogen and oxygen atoms in total. The van der Waals surface area contributed by atoms with Crippen LogP contribution in [0, 0.1) is 20.8 Å². The Kier molecular flexibility index (Phi) is 10.8. The van der Waals surface area contributed by atoms with Crippen molar-refractivity contribution in [2.24, 2.45) is 0 Å². The average molecular weight is 525 g/mol. The highest BCUT2D eigenvalue weighted by Crippen LogP contribution is 2.48. The van der Waals surface area contributed by atoms with E-state index in [1.165, 1.54) is 0 Å². The van der Waals surface area contributed by atoms with Gasteiger partial charge in [0.1, 0.15) is 0 Å². The van der Waals surface area contributed by atoms with Crippen molar-refractivity contribution in [3.8, 4) is 0 Å². The number of ether oxygens (including phenoxy) is 4. The minimum atomic E-state index is -3.68. The van der Waals surface area contributed by atoms with Crippen LogP contribution in [0.3, 0.4) is 0 Å². The molecule has 0 saturated heterocycles. The molecule has 0 aliphatic heterocycles. The number of methoxy groups -OCH3 is 2. The Balaban J connectivity index is 2.19. The monoisotopic (exact) mass is 524 g/mol. The number of hydrogen-bond acceptors (Lipinski definition) is 6. The minimum Gasteiger partial charge on any atom is -0.382 e. The van der Waals surface area contributed by atoms with Crippen LogP contribution in [-0.2, 0) is 36.7 Å². The lowest BCUT2D eigenvalue weighted by Gasteiger charge is -2.25. The molecule has 3 aromatic carbocycles. The molecule has 0 bridgehead atoms. The molecule has 0 spiro atoms. The maximum absolute atomic E-state index is 14.9. The molecule has 7 heteroatoms. The first kappa shape index (κ1) is 29.0. The number of carbonyl (C=O) groups excluding carboxylic acids is 1. The van der Waals surface area contributed by atoms with E-state index in [9.17, 15) is 9.36 Å². The van der Waals surface area contributed by atoms with Crippen LogP contribution in [0.5, 0.6) is 0 Å². The maximum atomic E-state index is 14.9. The van der Waals surface area contributed by atoms with Crippen LogP contribution in [-0.4, -0.2) is 46.2 Å². The Morgan fingerprint density at radius 3 is 1.43 bits per heavy atom. The largest absolute Gasteiger partial charge is 0.382 e. The summed E-state index contributed by atoms with van der Waals surface area (Å²) in [6, 6.07) is 18.1. The van der Waals surface area contributed by atoms with Crippen molar-refractivity contribution in [1.82, 2.24) is 0 Å². The molecule has 0 amide bonds. The van der Waals surface area contributed by atoms with E-state index in [0.29, 0.717) is 55.8 Å². The van der Waals surface area contributed by atoms with Gasteiger partial charge in [-0.25, -0.2) is 0 Å². The number of benzene rings is 3. The van der Waals surface area contributed by atoms with Gasteiger partial charge < -0.3 is 23.5 Å². The predicted octanol–water partition coefficient (Wildman–Crippen LogP) is 5.09. The molecule has 3 rings (SSSR count). The quantitative estimate of drug-likeness (QED) is 0.216. The van der Waals surface area contributed by atoms with E-state index in [4.69, 9.17) is 18.9 Å². The van der Waals surface area contributed by atoms with Crippen LogP contribution in [0.2, 0.25) is 0 Å². The van der Waals surface area contributed by atoms with Gasteiger partial charge in [-0.2, -0.15) is 0 Å². The third-order valence-corrected chi connectivity index (χ3v) is 9.50. The first-order valence-corrected chi connectivity index (χ1v) is 14.1. The Morgan fingerprint density at radius 1 is 0.649 bits per heavy atom. The topological polar surface area (TPSA) is 71.1 Å². The van der Waals surface area contributed by atoms with Gasteiger partial charge in [0.2, 0.25) is 12.7 Å². The van der Waals surface area contributed by atoms with Crippen molar-refractivity contribution in [2.45, 2.75) is 34.0 Å². The Labute approximate surface area is 220 Å². The average Bonchev–Trinajstić information content (AvgIpc) is 2.92. The van der Waals surface area contributed by atoms with Crippen molar-refractivity contribution in [1.29, 1.82) is 0 Å². The highest BCUT2D eigenvalue weighted by atomic mass is 31.2. The molecule has 0 fully saturated rings.